The Bertz CT molecular complexity index is 311. The average Bonchev–Trinajstić information content (AvgIpc) is 2.16. The molecule has 0 aliphatic carbocycles. The van der Waals surface area contributed by atoms with Gasteiger partial charge in [-0.05, 0) is 0 Å². The molecule has 15 heavy (non-hydrogen) atoms. The second kappa shape index (κ2) is 6.54. The third-order valence-electron chi connectivity index (χ3n) is 1.60. The third kappa shape index (κ3) is 4.91. The van der Waals surface area contributed by atoms with Crippen molar-refractivity contribution in [2.45, 2.75) is 0 Å². The summed E-state index contributed by atoms with van der Waals surface area (Å²) < 4.78 is 28.3. The third-order valence-corrected chi connectivity index (χ3v) is 3.32. The lowest BCUT2D eigenvalue weighted by molar-refractivity contribution is -0.137. The number of methoxy groups -OCH3 is 1. The van der Waals surface area contributed by atoms with E-state index in [-0.39, 0.29) is 19.7 Å². The summed E-state index contributed by atoms with van der Waals surface area (Å²) in [5.74, 6) is -1.56. The van der Waals surface area contributed by atoms with Gasteiger partial charge in [0.1, 0.15) is 0 Å². The lowest BCUT2D eigenvalue weighted by Crippen LogP contribution is -2.37. The number of carbonyl (C=O) groups is 1. The smallest absolute Gasteiger partial charge is 0.322 e. The number of carbonyl (C=O) groups excluding carboxylic acids is 1. The zero-order valence-electron chi connectivity index (χ0n) is 8.55. The van der Waals surface area contributed by atoms with Crippen LogP contribution in [0.25, 0.3) is 0 Å². The second-order valence-corrected chi connectivity index (χ2v) is 4.67. The van der Waals surface area contributed by atoms with Gasteiger partial charge in [-0.15, -0.1) is 6.58 Å². The Morgan fingerprint density at radius 1 is 1.60 bits per heavy atom. The minimum Gasteiger partial charge on any atom is -0.468 e. The molecule has 0 amide bonds. The molecular weight excluding hydrogens is 222 g/mol. The molecule has 88 valence electrons. The van der Waals surface area contributed by atoms with Crippen LogP contribution in [-0.4, -0.2) is 56.4 Å². The highest BCUT2D eigenvalue weighted by Crippen LogP contribution is 2.01. The first kappa shape index (κ1) is 14.1. The van der Waals surface area contributed by atoms with Crippen molar-refractivity contribution in [1.29, 1.82) is 0 Å². The van der Waals surface area contributed by atoms with Crippen LogP contribution in [0.2, 0.25) is 0 Å². The Morgan fingerprint density at radius 2 is 2.20 bits per heavy atom. The number of esters is 1. The van der Waals surface area contributed by atoms with Crippen molar-refractivity contribution in [3.63, 3.8) is 0 Å². The second-order valence-electron chi connectivity index (χ2n) is 2.70. The highest BCUT2D eigenvalue weighted by Gasteiger charge is 2.24. The number of sulfonamides is 1. The highest BCUT2D eigenvalue weighted by atomic mass is 32.2. The number of ether oxygens (including phenoxy) is 1. The maximum absolute atomic E-state index is 11.5. The number of aliphatic hydroxyl groups excluding tert-OH is 1. The maximum Gasteiger partial charge on any atom is 0.322 e. The lowest BCUT2D eigenvalue weighted by atomic mass is 10.6. The molecule has 0 rings (SSSR count). The van der Waals surface area contributed by atoms with Crippen molar-refractivity contribution >= 4 is 16.0 Å². The van der Waals surface area contributed by atoms with E-state index in [2.05, 4.69) is 11.3 Å². The van der Waals surface area contributed by atoms with Gasteiger partial charge in [-0.25, -0.2) is 8.42 Å². The highest BCUT2D eigenvalue weighted by molar-refractivity contribution is 7.89. The van der Waals surface area contributed by atoms with Crippen LogP contribution in [0.3, 0.4) is 0 Å². The van der Waals surface area contributed by atoms with E-state index in [0.717, 1.165) is 11.4 Å². The number of rotatable bonds is 7. The molecule has 0 aromatic heterocycles. The first-order chi connectivity index (χ1) is 6.97. The van der Waals surface area contributed by atoms with Gasteiger partial charge in [0.25, 0.3) is 0 Å². The topological polar surface area (TPSA) is 83.9 Å². The van der Waals surface area contributed by atoms with Crippen LogP contribution in [0, 0.1) is 0 Å². The largest absolute Gasteiger partial charge is 0.468 e. The Morgan fingerprint density at radius 3 is 2.60 bits per heavy atom. The fourth-order valence-electron chi connectivity index (χ4n) is 0.899. The van der Waals surface area contributed by atoms with E-state index in [1.54, 1.807) is 0 Å². The summed E-state index contributed by atoms with van der Waals surface area (Å²) in [6, 6.07) is 0. The minimum absolute atomic E-state index is 0.0554. The van der Waals surface area contributed by atoms with Crippen LogP contribution < -0.4 is 0 Å². The summed E-state index contributed by atoms with van der Waals surface area (Å²) in [7, 11) is -2.62. The van der Waals surface area contributed by atoms with Gasteiger partial charge in [0.2, 0.25) is 10.0 Å². The zero-order valence-corrected chi connectivity index (χ0v) is 9.37. The maximum atomic E-state index is 11.5. The van der Waals surface area contributed by atoms with Gasteiger partial charge in [0.05, 0.1) is 13.7 Å². The molecule has 0 fully saturated rings. The fourth-order valence-corrected chi connectivity index (χ4v) is 2.19. The molecule has 0 aromatic carbocycles. The molecule has 0 heterocycles. The summed E-state index contributed by atoms with van der Waals surface area (Å²) in [6.45, 7) is 3.07. The van der Waals surface area contributed by atoms with Crippen molar-refractivity contribution in [2.75, 3.05) is 32.6 Å². The number of nitrogens with zero attached hydrogens (tertiary/aromatic N) is 1. The van der Waals surface area contributed by atoms with Crippen molar-refractivity contribution in [3.05, 3.63) is 12.7 Å². The summed E-state index contributed by atoms with van der Waals surface area (Å²) in [4.78, 5) is 10.8. The molecule has 0 aliphatic heterocycles. The average molecular weight is 237 g/mol. The normalized spacial score (nSPS) is 11.4. The van der Waals surface area contributed by atoms with Gasteiger partial charge >= 0.3 is 5.97 Å². The molecule has 0 aromatic rings. The summed E-state index contributed by atoms with van der Waals surface area (Å²) in [5.41, 5.74) is 0. The van der Waals surface area contributed by atoms with Gasteiger partial charge < -0.3 is 9.84 Å². The van der Waals surface area contributed by atoms with Crippen LogP contribution in [0.4, 0.5) is 0 Å². The van der Waals surface area contributed by atoms with Gasteiger partial charge in [-0.3, -0.25) is 4.79 Å². The van der Waals surface area contributed by atoms with Gasteiger partial charge in [0.15, 0.2) is 5.75 Å². The van der Waals surface area contributed by atoms with Crippen molar-refractivity contribution in [3.8, 4) is 0 Å². The summed E-state index contributed by atoms with van der Waals surface area (Å²) in [6.07, 6.45) is 1.38. The molecule has 0 radical (unpaired) electrons. The van der Waals surface area contributed by atoms with Gasteiger partial charge in [-0.1, -0.05) is 6.08 Å². The molecule has 7 heteroatoms. The molecule has 6 nitrogen and oxygen atoms in total. The van der Waals surface area contributed by atoms with E-state index in [1.807, 2.05) is 0 Å². The SMILES string of the molecule is C=CCN(CCO)S(=O)(=O)CC(=O)OC. The summed E-state index contributed by atoms with van der Waals surface area (Å²) in [5, 5.41) is 8.66. The van der Waals surface area contributed by atoms with Crippen LogP contribution in [0.15, 0.2) is 12.7 Å². The Hall–Kier alpha value is -0.920. The monoisotopic (exact) mass is 237 g/mol. The molecule has 0 atom stereocenters. The molecule has 0 unspecified atom stereocenters. The molecule has 0 aliphatic rings. The Kier molecular flexibility index (Phi) is 6.14. The fraction of sp³-hybridized carbons (Fsp3) is 0.625. The van der Waals surface area contributed by atoms with Crippen LogP contribution in [0.5, 0.6) is 0 Å². The van der Waals surface area contributed by atoms with E-state index in [0.29, 0.717) is 0 Å². The Labute approximate surface area is 89.2 Å². The van der Waals surface area contributed by atoms with E-state index in [4.69, 9.17) is 5.11 Å². The quantitative estimate of drug-likeness (QED) is 0.452. The molecule has 0 spiro atoms. The van der Waals surface area contributed by atoms with Gasteiger partial charge in [-0.2, -0.15) is 4.31 Å². The first-order valence-corrected chi connectivity index (χ1v) is 5.85. The standard InChI is InChI=1S/C8H15NO5S/c1-3-4-9(5-6-10)15(12,13)7-8(11)14-2/h3,10H,1,4-7H2,2H3. The van der Waals surface area contributed by atoms with Crippen LogP contribution >= 0.6 is 0 Å². The zero-order chi connectivity index (χ0) is 11.9. The molecule has 1 N–H and O–H groups in total. The van der Waals surface area contributed by atoms with Crippen LogP contribution in [0.1, 0.15) is 0 Å². The van der Waals surface area contributed by atoms with Gasteiger partial charge in [0, 0.05) is 13.1 Å². The predicted molar refractivity (Wildman–Crippen MR) is 54.7 cm³/mol. The number of aliphatic hydroxyl groups is 1. The van der Waals surface area contributed by atoms with E-state index in [1.165, 1.54) is 6.08 Å². The van der Waals surface area contributed by atoms with E-state index >= 15 is 0 Å². The molecule has 0 saturated carbocycles. The molecule has 0 saturated heterocycles. The predicted octanol–water partition coefficient (Wildman–Crippen LogP) is -1.03. The summed E-state index contributed by atoms with van der Waals surface area (Å²) >= 11 is 0. The van der Waals surface area contributed by atoms with Crippen molar-refractivity contribution in [2.24, 2.45) is 0 Å². The minimum atomic E-state index is -3.73. The first-order valence-electron chi connectivity index (χ1n) is 4.24. The Balaban J connectivity index is 4.62. The van der Waals surface area contributed by atoms with Crippen LogP contribution in [-0.2, 0) is 19.6 Å². The number of hydrogen-bond donors (Lipinski definition) is 1. The lowest BCUT2D eigenvalue weighted by Gasteiger charge is -2.18. The molecule has 0 bridgehead atoms. The number of hydrogen-bond acceptors (Lipinski definition) is 5. The van der Waals surface area contributed by atoms with Crippen molar-refractivity contribution < 1.29 is 23.1 Å². The molecular formula is C8H15NO5S. The van der Waals surface area contributed by atoms with E-state index < -0.39 is 21.7 Å². The van der Waals surface area contributed by atoms with Crippen molar-refractivity contribution in [1.82, 2.24) is 4.31 Å². The van der Waals surface area contributed by atoms with E-state index in [9.17, 15) is 13.2 Å².